The second-order valence-corrected chi connectivity index (χ2v) is 6.30. The molecule has 2 unspecified atom stereocenters. The van der Waals surface area contributed by atoms with E-state index in [0.29, 0.717) is 4.90 Å². The Morgan fingerprint density at radius 2 is 2.00 bits per heavy atom. The highest BCUT2D eigenvalue weighted by Gasteiger charge is 2.22. The Morgan fingerprint density at radius 1 is 1.27 bits per heavy atom. The van der Waals surface area contributed by atoms with Crippen LogP contribution in [0.5, 0.6) is 0 Å². The number of alkyl carbamates (subject to hydrolysis) is 1. The molecule has 0 bridgehead atoms. The average molecular weight is 373 g/mol. The molecule has 8 heteroatoms. The van der Waals surface area contributed by atoms with Crippen molar-refractivity contribution < 1.29 is 19.7 Å². The molecule has 0 saturated heterocycles. The topological polar surface area (TPSA) is 129 Å². The summed E-state index contributed by atoms with van der Waals surface area (Å²) in [6.45, 7) is -0.116. The smallest absolute Gasteiger partial charge is 0.407 e. The molecule has 0 radical (unpaired) electrons. The van der Waals surface area contributed by atoms with Gasteiger partial charge in [0.2, 0.25) is 0 Å². The van der Waals surface area contributed by atoms with E-state index in [1.807, 2.05) is 35.7 Å². The van der Waals surface area contributed by atoms with Gasteiger partial charge >= 0.3 is 6.09 Å². The van der Waals surface area contributed by atoms with Gasteiger partial charge in [-0.2, -0.15) is 5.26 Å². The number of ether oxygens (including phenoxy) is 1. The lowest BCUT2D eigenvalue weighted by molar-refractivity contribution is 0.0187. The summed E-state index contributed by atoms with van der Waals surface area (Å²) in [7, 11) is 0. The van der Waals surface area contributed by atoms with Crippen LogP contribution in [0.3, 0.4) is 0 Å². The van der Waals surface area contributed by atoms with Crippen LogP contribution in [0, 0.1) is 10.7 Å². The van der Waals surface area contributed by atoms with Crippen LogP contribution < -0.4 is 11.1 Å². The van der Waals surface area contributed by atoms with Crippen LogP contribution in [0.2, 0.25) is 0 Å². The van der Waals surface area contributed by atoms with Gasteiger partial charge in [-0.3, -0.25) is 0 Å². The summed E-state index contributed by atoms with van der Waals surface area (Å²) >= 11 is 0.918. The van der Waals surface area contributed by atoms with Crippen molar-refractivity contribution >= 4 is 23.5 Å². The zero-order chi connectivity index (χ0) is 18.9. The highest BCUT2D eigenvalue weighted by atomic mass is 32.2. The number of hydrogen-bond donors (Lipinski definition) is 4. The van der Waals surface area contributed by atoms with Crippen molar-refractivity contribution in [2.75, 3.05) is 12.3 Å². The second-order valence-electron chi connectivity index (χ2n) is 5.44. The number of nitrogen functional groups attached to an aromatic ring is 1. The Balaban J connectivity index is 1.87. The van der Waals surface area contributed by atoms with Crippen LogP contribution in [0.4, 0.5) is 10.5 Å². The molecule has 2 aromatic carbocycles. The first-order chi connectivity index (χ1) is 12.5. The average Bonchev–Trinajstić information content (AvgIpc) is 2.66. The van der Waals surface area contributed by atoms with E-state index in [1.165, 1.54) is 6.07 Å². The van der Waals surface area contributed by atoms with Gasteiger partial charge in [0.15, 0.2) is 0 Å². The normalized spacial score (nSPS) is 12.7. The lowest BCUT2D eigenvalue weighted by atomic mass is 10.0. The molecule has 0 aliphatic rings. The van der Waals surface area contributed by atoms with Crippen LogP contribution in [-0.2, 0) is 11.3 Å². The maximum atomic E-state index is 11.7. The summed E-state index contributed by atoms with van der Waals surface area (Å²) in [5, 5.41) is 33.4. The van der Waals surface area contributed by atoms with Crippen LogP contribution in [0.15, 0.2) is 53.4 Å². The van der Waals surface area contributed by atoms with Crippen LogP contribution in [-0.4, -0.2) is 29.0 Å². The van der Waals surface area contributed by atoms with Gasteiger partial charge in [0.05, 0.1) is 0 Å². The van der Waals surface area contributed by atoms with Gasteiger partial charge in [-0.05, 0) is 35.5 Å². The summed E-state index contributed by atoms with van der Waals surface area (Å²) < 4.78 is 5.03. The minimum Gasteiger partial charge on any atom is -0.445 e. The van der Waals surface area contributed by atoms with Gasteiger partial charge in [0.1, 0.15) is 24.2 Å². The maximum Gasteiger partial charge on any atom is 0.407 e. The molecule has 0 fully saturated rings. The van der Waals surface area contributed by atoms with E-state index >= 15 is 0 Å². The Kier molecular flexibility index (Phi) is 7.29. The molecular weight excluding hydrogens is 354 g/mol. The number of nitriles is 1. The van der Waals surface area contributed by atoms with Crippen molar-refractivity contribution in [3.63, 3.8) is 0 Å². The molecular formula is C18H19N3O4S. The number of carbonyl (C=O) groups excluding carboxylic acids is 1. The highest BCUT2D eigenvalue weighted by Crippen LogP contribution is 2.28. The highest BCUT2D eigenvalue weighted by molar-refractivity contribution is 8.03. The van der Waals surface area contributed by atoms with E-state index < -0.39 is 18.3 Å². The Hall–Kier alpha value is -2.73. The summed E-state index contributed by atoms with van der Waals surface area (Å²) in [5.74, 6) is 0. The number of hydrogen-bond acceptors (Lipinski definition) is 7. The molecule has 2 aromatic rings. The van der Waals surface area contributed by atoms with E-state index in [0.717, 1.165) is 17.3 Å². The van der Waals surface area contributed by atoms with Gasteiger partial charge < -0.3 is 26.0 Å². The van der Waals surface area contributed by atoms with Crippen molar-refractivity contribution in [2.45, 2.75) is 23.7 Å². The first kappa shape index (κ1) is 19.6. The number of aliphatic hydroxyl groups is 2. The minimum atomic E-state index is -1.32. The molecule has 2 atom stereocenters. The van der Waals surface area contributed by atoms with Gasteiger partial charge in [0.25, 0.3) is 0 Å². The Morgan fingerprint density at radius 3 is 2.69 bits per heavy atom. The summed E-state index contributed by atoms with van der Waals surface area (Å²) in [5.41, 5.74) is 7.22. The number of nitrogens with two attached hydrogens (primary N) is 1. The fourth-order valence-electron chi connectivity index (χ4n) is 2.21. The van der Waals surface area contributed by atoms with E-state index in [1.54, 1.807) is 12.1 Å². The molecule has 0 aliphatic heterocycles. The predicted octanol–water partition coefficient (Wildman–Crippen LogP) is 2.16. The van der Waals surface area contributed by atoms with Gasteiger partial charge in [-0.1, -0.05) is 30.3 Å². The lowest BCUT2D eigenvalue weighted by Crippen LogP contribution is -2.36. The Bertz CT molecular complexity index is 780. The quantitative estimate of drug-likeness (QED) is 0.332. The Labute approximate surface area is 155 Å². The van der Waals surface area contributed by atoms with Crippen molar-refractivity contribution in [3.8, 4) is 5.40 Å². The number of thiocyanates is 1. The maximum absolute atomic E-state index is 11.7. The number of benzene rings is 2. The number of aliphatic hydroxyl groups excluding tert-OH is 2. The van der Waals surface area contributed by atoms with Gasteiger partial charge in [-0.25, -0.2) is 4.79 Å². The molecule has 2 rings (SSSR count). The van der Waals surface area contributed by atoms with E-state index in [2.05, 4.69) is 5.32 Å². The van der Waals surface area contributed by atoms with Crippen molar-refractivity contribution in [1.82, 2.24) is 5.32 Å². The summed E-state index contributed by atoms with van der Waals surface area (Å²) in [6, 6.07) is 13.9. The first-order valence-corrected chi connectivity index (χ1v) is 8.59. The monoisotopic (exact) mass is 373 g/mol. The number of anilines is 1. The molecule has 0 aromatic heterocycles. The molecule has 0 spiro atoms. The zero-order valence-corrected chi connectivity index (χ0v) is 14.6. The fraction of sp³-hybridized carbons (Fsp3) is 0.222. The fourth-order valence-corrected chi connectivity index (χ4v) is 2.63. The summed E-state index contributed by atoms with van der Waals surface area (Å²) in [4.78, 5) is 12.3. The summed E-state index contributed by atoms with van der Waals surface area (Å²) in [6.07, 6.45) is -3.31. The molecule has 0 saturated carbocycles. The third-order valence-electron chi connectivity index (χ3n) is 3.57. The second kappa shape index (κ2) is 9.68. The number of nitrogens with zero attached hydrogens (tertiary/aromatic N) is 1. The minimum absolute atomic E-state index is 0.103. The largest absolute Gasteiger partial charge is 0.445 e. The standard InChI is InChI=1S/C18H19N3O4S/c19-11-26-13-6-7-15(20)14(8-13)17(23)16(22)9-21-18(24)25-10-12-4-2-1-3-5-12/h1-8,16-17,22-23H,9-10,20H2,(H,21,24). The van der Waals surface area contributed by atoms with Crippen LogP contribution in [0.1, 0.15) is 17.2 Å². The van der Waals surface area contributed by atoms with Crippen molar-refractivity contribution in [2.24, 2.45) is 0 Å². The third-order valence-corrected chi connectivity index (χ3v) is 4.15. The van der Waals surface area contributed by atoms with E-state index in [-0.39, 0.29) is 24.4 Å². The SMILES string of the molecule is N#CSc1ccc(N)c(C(O)C(O)CNC(=O)OCc2ccccc2)c1. The molecule has 5 N–H and O–H groups in total. The molecule has 0 aliphatic carbocycles. The van der Waals surface area contributed by atoms with E-state index in [4.69, 9.17) is 15.7 Å². The number of carbonyl (C=O) groups is 1. The number of rotatable bonds is 7. The first-order valence-electron chi connectivity index (χ1n) is 7.77. The number of amides is 1. The lowest BCUT2D eigenvalue weighted by Gasteiger charge is -2.20. The molecule has 136 valence electrons. The molecule has 26 heavy (non-hydrogen) atoms. The van der Waals surface area contributed by atoms with Gasteiger partial charge in [0, 0.05) is 22.7 Å². The number of nitrogens with one attached hydrogen (secondary N) is 1. The van der Waals surface area contributed by atoms with Crippen LogP contribution in [0.25, 0.3) is 0 Å². The third kappa shape index (κ3) is 5.67. The van der Waals surface area contributed by atoms with Gasteiger partial charge in [-0.15, -0.1) is 0 Å². The van der Waals surface area contributed by atoms with Crippen molar-refractivity contribution in [3.05, 3.63) is 59.7 Å². The van der Waals surface area contributed by atoms with Crippen LogP contribution >= 0.6 is 11.8 Å². The number of thioether (sulfide) groups is 1. The predicted molar refractivity (Wildman–Crippen MR) is 97.9 cm³/mol. The molecule has 7 nitrogen and oxygen atoms in total. The van der Waals surface area contributed by atoms with Crippen molar-refractivity contribution in [1.29, 1.82) is 5.26 Å². The van der Waals surface area contributed by atoms with E-state index in [9.17, 15) is 15.0 Å². The molecule has 1 amide bonds. The molecule has 0 heterocycles. The zero-order valence-electron chi connectivity index (χ0n) is 13.8.